The molecule has 59 heavy (non-hydrogen) atoms. The Labute approximate surface area is 364 Å². The molecule has 0 aromatic rings. The topological polar surface area (TPSA) is 132 Å². The fraction of sp³-hybridized carbons (Fsp3) is 0.939. The molecule has 0 radical (unpaired) electrons. The number of aliphatic hydroxyl groups is 2. The van der Waals surface area contributed by atoms with Gasteiger partial charge >= 0.3 is 13.8 Å². The highest BCUT2D eigenvalue weighted by Gasteiger charge is 2.26. The summed E-state index contributed by atoms with van der Waals surface area (Å²) in [4.78, 5) is 22.7. The summed E-state index contributed by atoms with van der Waals surface area (Å²) >= 11 is 0. The fourth-order valence-corrected chi connectivity index (χ4v) is 8.14. The number of unbranched alkanes of at least 4 members (excludes halogenated alkanes) is 33. The molecule has 0 spiro atoms. The summed E-state index contributed by atoms with van der Waals surface area (Å²) in [5, 5.41) is 18.4. The Bertz CT molecular complexity index is 933. The second kappa shape index (κ2) is 46.7. The Balaban J connectivity index is 4.05. The number of ether oxygens (including phenoxy) is 2. The van der Waals surface area contributed by atoms with Crippen LogP contribution in [0.1, 0.15) is 251 Å². The van der Waals surface area contributed by atoms with Crippen molar-refractivity contribution in [2.24, 2.45) is 0 Å². The Morgan fingerprint density at radius 1 is 0.508 bits per heavy atom. The number of phosphoric ester groups is 1. The van der Waals surface area contributed by atoms with Gasteiger partial charge in [0, 0.05) is 13.0 Å². The molecule has 3 atom stereocenters. The monoisotopic (exact) mass is 861 g/mol. The predicted octanol–water partition coefficient (Wildman–Crippen LogP) is 14.4. The van der Waals surface area contributed by atoms with Crippen LogP contribution >= 0.6 is 7.82 Å². The van der Waals surface area contributed by atoms with Crippen LogP contribution in [0.15, 0.2) is 12.2 Å². The van der Waals surface area contributed by atoms with Crippen LogP contribution < -0.4 is 0 Å². The van der Waals surface area contributed by atoms with Crippen molar-refractivity contribution in [1.82, 2.24) is 0 Å². The molecule has 0 rings (SSSR count). The van der Waals surface area contributed by atoms with Gasteiger partial charge in [-0.2, -0.15) is 0 Å². The van der Waals surface area contributed by atoms with Crippen molar-refractivity contribution < 1.29 is 43.0 Å². The molecule has 0 bridgehead atoms. The lowest BCUT2D eigenvalue weighted by atomic mass is 10.0. The third kappa shape index (κ3) is 46.5. The molecular formula is C49H97O9P. The lowest BCUT2D eigenvalue weighted by Crippen LogP contribution is -2.29. The zero-order valence-corrected chi connectivity index (χ0v) is 39.6. The molecule has 0 fully saturated rings. The van der Waals surface area contributed by atoms with Crippen LogP contribution in [0, 0.1) is 0 Å². The SMILES string of the molecule is CCCCCCCCC/C=C\CCCCCCCCCCOCC(COP(=O)(O)OCC(O)CO)OC(=O)CCCCCCCCCCCCCCCCCCCCC. The standard InChI is InChI=1S/C49H97O9P/c1-3-5-7-9-11-13-15-17-19-21-23-25-27-29-31-33-35-37-39-41-49(52)58-48(46-57-59(53,54)56-44-47(51)43-50)45-55-42-40-38-36-34-32-30-28-26-24-22-20-18-16-14-12-10-8-6-4-2/h20,22,47-48,50-51H,3-19,21,23-46H2,1-2H3,(H,53,54)/b22-20-. The van der Waals surface area contributed by atoms with Gasteiger partial charge in [0.15, 0.2) is 0 Å². The van der Waals surface area contributed by atoms with E-state index in [1.54, 1.807) is 0 Å². The van der Waals surface area contributed by atoms with Crippen molar-refractivity contribution >= 4 is 13.8 Å². The van der Waals surface area contributed by atoms with Crippen LogP contribution in [0.2, 0.25) is 0 Å². The van der Waals surface area contributed by atoms with Gasteiger partial charge in [-0.25, -0.2) is 4.57 Å². The van der Waals surface area contributed by atoms with E-state index in [4.69, 9.17) is 23.6 Å². The summed E-state index contributed by atoms with van der Waals surface area (Å²) in [5.41, 5.74) is 0. The minimum absolute atomic E-state index is 0.0533. The number of allylic oxidation sites excluding steroid dienone is 2. The predicted molar refractivity (Wildman–Crippen MR) is 247 cm³/mol. The molecule has 0 aromatic heterocycles. The van der Waals surface area contributed by atoms with Gasteiger partial charge in [0.05, 0.1) is 26.4 Å². The van der Waals surface area contributed by atoms with E-state index in [2.05, 4.69) is 26.0 Å². The highest BCUT2D eigenvalue weighted by atomic mass is 31.2. The summed E-state index contributed by atoms with van der Waals surface area (Å²) in [6.07, 6.45) is 48.9. The maximum atomic E-state index is 12.7. The van der Waals surface area contributed by atoms with Crippen molar-refractivity contribution in [2.45, 2.75) is 264 Å². The first-order valence-electron chi connectivity index (χ1n) is 25.2. The molecule has 0 aliphatic rings. The van der Waals surface area contributed by atoms with Crippen molar-refractivity contribution in [3.05, 3.63) is 12.2 Å². The molecular weight excluding hydrogens is 764 g/mol. The smallest absolute Gasteiger partial charge is 0.457 e. The van der Waals surface area contributed by atoms with Crippen LogP contribution in [0.25, 0.3) is 0 Å². The zero-order valence-electron chi connectivity index (χ0n) is 38.7. The van der Waals surface area contributed by atoms with Crippen molar-refractivity contribution in [2.75, 3.05) is 33.0 Å². The molecule has 0 aliphatic heterocycles. The number of esters is 1. The van der Waals surface area contributed by atoms with E-state index in [9.17, 15) is 19.4 Å². The van der Waals surface area contributed by atoms with E-state index in [0.29, 0.717) is 6.61 Å². The molecule has 352 valence electrons. The largest absolute Gasteiger partial charge is 0.472 e. The van der Waals surface area contributed by atoms with Crippen LogP contribution in [-0.2, 0) is 27.9 Å². The molecule has 0 saturated heterocycles. The summed E-state index contributed by atoms with van der Waals surface area (Å²) < 4.78 is 33.5. The third-order valence-corrected chi connectivity index (χ3v) is 12.2. The van der Waals surface area contributed by atoms with E-state index in [0.717, 1.165) is 38.5 Å². The molecule has 0 heterocycles. The van der Waals surface area contributed by atoms with Gasteiger partial charge in [-0.3, -0.25) is 13.8 Å². The van der Waals surface area contributed by atoms with Gasteiger partial charge in [-0.1, -0.05) is 219 Å². The van der Waals surface area contributed by atoms with Gasteiger partial charge in [0.25, 0.3) is 0 Å². The Morgan fingerprint density at radius 3 is 1.27 bits per heavy atom. The maximum absolute atomic E-state index is 12.7. The Hall–Kier alpha value is -0.800. The first-order chi connectivity index (χ1) is 28.8. The molecule has 0 aromatic carbocycles. The van der Waals surface area contributed by atoms with Crippen molar-refractivity contribution in [3.63, 3.8) is 0 Å². The second-order valence-corrected chi connectivity index (χ2v) is 18.6. The Kier molecular flexibility index (Phi) is 46.1. The van der Waals surface area contributed by atoms with E-state index in [1.807, 2.05) is 0 Å². The summed E-state index contributed by atoms with van der Waals surface area (Å²) in [7, 11) is -4.52. The number of hydrogen-bond donors (Lipinski definition) is 3. The van der Waals surface area contributed by atoms with Gasteiger partial charge in [0.2, 0.25) is 0 Å². The molecule has 3 unspecified atom stereocenters. The summed E-state index contributed by atoms with van der Waals surface area (Å²) in [5.74, 6) is -0.377. The number of phosphoric acid groups is 1. The first kappa shape index (κ1) is 58.2. The number of rotatable bonds is 49. The van der Waals surface area contributed by atoms with Gasteiger partial charge < -0.3 is 24.6 Å². The lowest BCUT2D eigenvalue weighted by molar-refractivity contribution is -0.154. The number of hydrogen-bond acceptors (Lipinski definition) is 8. The number of aliphatic hydroxyl groups excluding tert-OH is 2. The van der Waals surface area contributed by atoms with Crippen molar-refractivity contribution in [3.8, 4) is 0 Å². The van der Waals surface area contributed by atoms with Crippen LogP contribution in [0.5, 0.6) is 0 Å². The van der Waals surface area contributed by atoms with E-state index >= 15 is 0 Å². The second-order valence-electron chi connectivity index (χ2n) is 17.2. The normalized spacial score (nSPS) is 13.9. The van der Waals surface area contributed by atoms with Crippen LogP contribution in [0.4, 0.5) is 0 Å². The summed E-state index contributed by atoms with van der Waals surface area (Å²) in [6, 6.07) is 0. The molecule has 0 saturated carbocycles. The highest BCUT2D eigenvalue weighted by molar-refractivity contribution is 7.47. The number of carbonyl (C=O) groups is 1. The maximum Gasteiger partial charge on any atom is 0.472 e. The molecule has 9 nitrogen and oxygen atoms in total. The quantitative estimate of drug-likeness (QED) is 0.0237. The third-order valence-electron chi connectivity index (χ3n) is 11.2. The van der Waals surface area contributed by atoms with Gasteiger partial charge in [-0.15, -0.1) is 0 Å². The van der Waals surface area contributed by atoms with E-state index in [1.165, 1.54) is 193 Å². The summed E-state index contributed by atoms with van der Waals surface area (Å²) in [6.45, 7) is 3.57. The average molecular weight is 861 g/mol. The zero-order chi connectivity index (χ0) is 43.2. The average Bonchev–Trinajstić information content (AvgIpc) is 3.23. The number of carbonyl (C=O) groups excluding carboxylic acids is 1. The van der Waals surface area contributed by atoms with Crippen LogP contribution in [0.3, 0.4) is 0 Å². The minimum atomic E-state index is -4.52. The molecule has 0 aliphatic carbocycles. The molecule has 3 N–H and O–H groups in total. The lowest BCUT2D eigenvalue weighted by Gasteiger charge is -2.20. The van der Waals surface area contributed by atoms with Crippen molar-refractivity contribution in [1.29, 1.82) is 0 Å². The van der Waals surface area contributed by atoms with Crippen LogP contribution in [-0.4, -0.2) is 66.3 Å². The minimum Gasteiger partial charge on any atom is -0.457 e. The highest BCUT2D eigenvalue weighted by Crippen LogP contribution is 2.43. The Morgan fingerprint density at radius 2 is 0.864 bits per heavy atom. The van der Waals surface area contributed by atoms with Gasteiger partial charge in [0.1, 0.15) is 12.2 Å². The first-order valence-corrected chi connectivity index (χ1v) is 26.7. The van der Waals surface area contributed by atoms with E-state index < -0.39 is 33.2 Å². The van der Waals surface area contributed by atoms with Gasteiger partial charge in [-0.05, 0) is 38.5 Å². The molecule has 10 heteroatoms. The fourth-order valence-electron chi connectivity index (χ4n) is 7.35. The van der Waals surface area contributed by atoms with E-state index in [-0.39, 0.29) is 25.6 Å². The molecule has 0 amide bonds.